The van der Waals surface area contributed by atoms with Crippen LogP contribution in [0, 0.1) is 5.82 Å². The summed E-state index contributed by atoms with van der Waals surface area (Å²) >= 11 is 0. The minimum atomic E-state index is -0.322. The van der Waals surface area contributed by atoms with Gasteiger partial charge < -0.3 is 20.5 Å². The van der Waals surface area contributed by atoms with Gasteiger partial charge in [0.05, 0.1) is 24.1 Å². The summed E-state index contributed by atoms with van der Waals surface area (Å²) in [6, 6.07) is 4.20. The second kappa shape index (κ2) is 6.30. The van der Waals surface area contributed by atoms with Crippen molar-refractivity contribution in [3.05, 3.63) is 24.0 Å². The molecule has 5 heteroatoms. The molecule has 0 saturated carbocycles. The molecule has 0 aliphatic rings. The number of hydrogen-bond acceptors (Lipinski definition) is 4. The standard InChI is InChI=1S/C11H17FN2O2/c1-15-7-9(16-2)6-14-11-5-8(12)3-4-10(11)13/h3-5,9,14H,6-7,13H2,1-2H3. The lowest BCUT2D eigenvalue weighted by atomic mass is 10.2. The second-order valence-corrected chi connectivity index (χ2v) is 3.43. The first-order valence-corrected chi connectivity index (χ1v) is 4.98. The van der Waals surface area contributed by atoms with Crippen molar-refractivity contribution in [2.75, 3.05) is 38.4 Å². The number of methoxy groups -OCH3 is 2. The molecule has 3 N–H and O–H groups in total. The van der Waals surface area contributed by atoms with Gasteiger partial charge in [-0.2, -0.15) is 0 Å². The fraction of sp³-hybridized carbons (Fsp3) is 0.455. The number of nitrogens with one attached hydrogen (secondary N) is 1. The van der Waals surface area contributed by atoms with Crippen LogP contribution >= 0.6 is 0 Å². The molecule has 16 heavy (non-hydrogen) atoms. The summed E-state index contributed by atoms with van der Waals surface area (Å²) in [5.74, 6) is -0.322. The van der Waals surface area contributed by atoms with Gasteiger partial charge in [-0.25, -0.2) is 4.39 Å². The van der Waals surface area contributed by atoms with Crippen LogP contribution in [0.15, 0.2) is 18.2 Å². The summed E-state index contributed by atoms with van der Waals surface area (Å²) in [5.41, 5.74) is 6.77. The van der Waals surface area contributed by atoms with Crippen molar-refractivity contribution in [3.63, 3.8) is 0 Å². The van der Waals surface area contributed by atoms with Crippen LogP contribution in [-0.4, -0.2) is 33.5 Å². The van der Waals surface area contributed by atoms with Crippen molar-refractivity contribution < 1.29 is 13.9 Å². The van der Waals surface area contributed by atoms with E-state index in [9.17, 15) is 4.39 Å². The Morgan fingerprint density at radius 3 is 2.81 bits per heavy atom. The normalized spacial score (nSPS) is 12.4. The van der Waals surface area contributed by atoms with E-state index in [-0.39, 0.29) is 11.9 Å². The number of anilines is 2. The molecule has 0 spiro atoms. The van der Waals surface area contributed by atoms with E-state index < -0.39 is 0 Å². The molecule has 4 nitrogen and oxygen atoms in total. The highest BCUT2D eigenvalue weighted by Crippen LogP contribution is 2.19. The molecule has 0 heterocycles. The van der Waals surface area contributed by atoms with Gasteiger partial charge in [0.2, 0.25) is 0 Å². The number of halogens is 1. The molecule has 1 rings (SSSR count). The fourth-order valence-corrected chi connectivity index (χ4v) is 1.30. The summed E-state index contributed by atoms with van der Waals surface area (Å²) in [7, 11) is 3.20. The largest absolute Gasteiger partial charge is 0.397 e. The first-order chi connectivity index (χ1) is 7.67. The second-order valence-electron chi connectivity index (χ2n) is 3.43. The van der Waals surface area contributed by atoms with Crippen molar-refractivity contribution in [1.29, 1.82) is 0 Å². The van der Waals surface area contributed by atoms with Crippen LogP contribution in [-0.2, 0) is 9.47 Å². The fourth-order valence-electron chi connectivity index (χ4n) is 1.30. The highest BCUT2D eigenvalue weighted by molar-refractivity contribution is 5.65. The number of benzene rings is 1. The average molecular weight is 228 g/mol. The molecular weight excluding hydrogens is 211 g/mol. The lowest BCUT2D eigenvalue weighted by Crippen LogP contribution is -2.26. The van der Waals surface area contributed by atoms with Gasteiger partial charge in [0.25, 0.3) is 0 Å². The molecule has 1 aromatic rings. The third-order valence-electron chi connectivity index (χ3n) is 2.22. The Kier molecular flexibility index (Phi) is 5.01. The predicted molar refractivity (Wildman–Crippen MR) is 62.0 cm³/mol. The maximum absolute atomic E-state index is 13.0. The van der Waals surface area contributed by atoms with E-state index in [1.807, 2.05) is 0 Å². The lowest BCUT2D eigenvalue weighted by molar-refractivity contribution is 0.0366. The first kappa shape index (κ1) is 12.7. The molecule has 0 radical (unpaired) electrons. The maximum Gasteiger partial charge on any atom is 0.125 e. The predicted octanol–water partition coefficient (Wildman–Crippen LogP) is 1.48. The Labute approximate surface area is 94.5 Å². The number of hydrogen-bond donors (Lipinski definition) is 2. The monoisotopic (exact) mass is 228 g/mol. The SMILES string of the molecule is COCC(CNc1cc(F)ccc1N)OC. The lowest BCUT2D eigenvalue weighted by Gasteiger charge is -2.16. The number of nitrogens with two attached hydrogens (primary N) is 1. The minimum absolute atomic E-state index is 0.0901. The minimum Gasteiger partial charge on any atom is -0.397 e. The molecular formula is C11H17FN2O2. The number of rotatable bonds is 6. The Morgan fingerprint density at radius 1 is 1.44 bits per heavy atom. The summed E-state index contributed by atoms with van der Waals surface area (Å²) in [5, 5.41) is 3.02. The molecule has 1 unspecified atom stereocenters. The molecule has 90 valence electrons. The van der Waals surface area contributed by atoms with Gasteiger partial charge >= 0.3 is 0 Å². The Hall–Kier alpha value is -1.33. The van der Waals surface area contributed by atoms with Crippen LogP contribution < -0.4 is 11.1 Å². The Balaban J connectivity index is 2.55. The summed E-state index contributed by atoms with van der Waals surface area (Å²) < 4.78 is 23.1. The van der Waals surface area contributed by atoms with Gasteiger partial charge in [-0.15, -0.1) is 0 Å². The molecule has 1 atom stereocenters. The number of nitrogen functional groups attached to an aromatic ring is 1. The third kappa shape index (κ3) is 3.67. The van der Waals surface area contributed by atoms with Crippen LogP contribution in [0.2, 0.25) is 0 Å². The van der Waals surface area contributed by atoms with Gasteiger partial charge in [-0.3, -0.25) is 0 Å². The van der Waals surface area contributed by atoms with E-state index >= 15 is 0 Å². The number of ether oxygens (including phenoxy) is 2. The van der Waals surface area contributed by atoms with Crippen molar-refractivity contribution in [2.24, 2.45) is 0 Å². The summed E-state index contributed by atoms with van der Waals surface area (Å²) in [4.78, 5) is 0. The Morgan fingerprint density at radius 2 is 2.19 bits per heavy atom. The highest BCUT2D eigenvalue weighted by Gasteiger charge is 2.07. The van der Waals surface area contributed by atoms with E-state index in [1.165, 1.54) is 18.2 Å². The van der Waals surface area contributed by atoms with Crippen LogP contribution in [0.3, 0.4) is 0 Å². The zero-order valence-electron chi connectivity index (χ0n) is 9.50. The molecule has 1 aromatic carbocycles. The van der Waals surface area contributed by atoms with Gasteiger partial charge in [0.15, 0.2) is 0 Å². The van der Waals surface area contributed by atoms with Gasteiger partial charge in [0, 0.05) is 20.8 Å². The molecule has 0 bridgehead atoms. The van der Waals surface area contributed by atoms with Crippen LogP contribution in [0.1, 0.15) is 0 Å². The summed E-state index contributed by atoms with van der Waals surface area (Å²) in [6.45, 7) is 0.983. The van der Waals surface area contributed by atoms with E-state index in [2.05, 4.69) is 5.32 Å². The third-order valence-corrected chi connectivity index (χ3v) is 2.22. The van der Waals surface area contributed by atoms with Gasteiger partial charge in [-0.05, 0) is 18.2 Å². The molecule has 0 saturated heterocycles. The molecule has 0 aromatic heterocycles. The van der Waals surface area contributed by atoms with E-state index in [4.69, 9.17) is 15.2 Å². The quantitative estimate of drug-likeness (QED) is 0.724. The summed E-state index contributed by atoms with van der Waals surface area (Å²) in [6.07, 6.45) is -0.0901. The van der Waals surface area contributed by atoms with E-state index in [0.29, 0.717) is 24.5 Å². The van der Waals surface area contributed by atoms with E-state index in [0.717, 1.165) is 0 Å². The topological polar surface area (TPSA) is 56.5 Å². The smallest absolute Gasteiger partial charge is 0.125 e. The van der Waals surface area contributed by atoms with Crippen molar-refractivity contribution in [1.82, 2.24) is 0 Å². The zero-order valence-corrected chi connectivity index (χ0v) is 9.50. The molecule has 0 amide bonds. The van der Waals surface area contributed by atoms with Crippen molar-refractivity contribution in [2.45, 2.75) is 6.10 Å². The van der Waals surface area contributed by atoms with Gasteiger partial charge in [0.1, 0.15) is 5.82 Å². The highest BCUT2D eigenvalue weighted by atomic mass is 19.1. The zero-order chi connectivity index (χ0) is 12.0. The van der Waals surface area contributed by atoms with Crippen LogP contribution in [0.5, 0.6) is 0 Å². The van der Waals surface area contributed by atoms with Crippen LogP contribution in [0.25, 0.3) is 0 Å². The van der Waals surface area contributed by atoms with Crippen LogP contribution in [0.4, 0.5) is 15.8 Å². The average Bonchev–Trinajstić information content (AvgIpc) is 2.28. The van der Waals surface area contributed by atoms with Crippen molar-refractivity contribution >= 4 is 11.4 Å². The molecule has 0 aliphatic carbocycles. The molecule has 0 aliphatic heterocycles. The maximum atomic E-state index is 13.0. The van der Waals surface area contributed by atoms with Gasteiger partial charge in [-0.1, -0.05) is 0 Å². The molecule has 0 fully saturated rings. The first-order valence-electron chi connectivity index (χ1n) is 4.98. The Bertz CT molecular complexity index is 334. The van der Waals surface area contributed by atoms with E-state index in [1.54, 1.807) is 14.2 Å². The van der Waals surface area contributed by atoms with Crippen molar-refractivity contribution in [3.8, 4) is 0 Å².